The van der Waals surface area contributed by atoms with E-state index < -0.39 is 27.6 Å². The molecule has 10 heteroatoms. The summed E-state index contributed by atoms with van der Waals surface area (Å²) < 4.78 is 22.7. The van der Waals surface area contributed by atoms with Gasteiger partial charge in [0.15, 0.2) is 9.84 Å². The van der Waals surface area contributed by atoms with Crippen molar-refractivity contribution in [1.29, 1.82) is 0 Å². The zero-order chi connectivity index (χ0) is 16.4. The van der Waals surface area contributed by atoms with Crippen molar-refractivity contribution in [1.82, 2.24) is 15.8 Å². The van der Waals surface area contributed by atoms with E-state index in [9.17, 15) is 18.0 Å². The van der Waals surface area contributed by atoms with Gasteiger partial charge in [0.25, 0.3) is 5.91 Å². The van der Waals surface area contributed by atoms with E-state index in [1.807, 2.05) is 16.8 Å². The number of thiazole rings is 1. The van der Waals surface area contributed by atoms with Crippen LogP contribution in [0.2, 0.25) is 0 Å². The average Bonchev–Trinajstić information content (AvgIpc) is 3.23. The van der Waals surface area contributed by atoms with Gasteiger partial charge in [-0.25, -0.2) is 13.4 Å². The molecule has 0 bridgehead atoms. The Hall–Kier alpha value is -1.78. The summed E-state index contributed by atoms with van der Waals surface area (Å²) in [6, 6.07) is 1.91. The van der Waals surface area contributed by atoms with Gasteiger partial charge in [-0.15, -0.1) is 11.3 Å². The summed E-state index contributed by atoms with van der Waals surface area (Å²) in [4.78, 5) is 28.0. The third kappa shape index (κ3) is 3.77. The van der Waals surface area contributed by atoms with Crippen molar-refractivity contribution in [3.8, 4) is 10.6 Å². The first kappa shape index (κ1) is 16.1. The predicted octanol–water partition coefficient (Wildman–Crippen LogP) is 1.07. The lowest BCUT2D eigenvalue weighted by atomic mass is 10.1. The van der Waals surface area contributed by atoms with Crippen LogP contribution < -0.4 is 10.9 Å². The van der Waals surface area contributed by atoms with Gasteiger partial charge in [0.05, 0.1) is 17.4 Å². The highest BCUT2D eigenvalue weighted by molar-refractivity contribution is 7.91. The van der Waals surface area contributed by atoms with Crippen LogP contribution in [-0.4, -0.2) is 36.7 Å². The number of carbonyl (C=O) groups is 2. The van der Waals surface area contributed by atoms with Gasteiger partial charge in [-0.2, -0.15) is 11.3 Å². The number of hydrazine groups is 1. The van der Waals surface area contributed by atoms with Gasteiger partial charge in [-0.1, -0.05) is 0 Å². The van der Waals surface area contributed by atoms with Crippen LogP contribution in [0.15, 0.2) is 22.2 Å². The van der Waals surface area contributed by atoms with Gasteiger partial charge in [0.1, 0.15) is 10.7 Å². The van der Waals surface area contributed by atoms with Crippen LogP contribution in [0, 0.1) is 5.92 Å². The summed E-state index contributed by atoms with van der Waals surface area (Å²) in [6.45, 7) is 0. The Morgan fingerprint density at radius 2 is 2.09 bits per heavy atom. The number of amides is 2. The fourth-order valence-corrected chi connectivity index (χ4v) is 5.44. The van der Waals surface area contributed by atoms with Crippen LogP contribution in [0.5, 0.6) is 0 Å². The molecule has 2 N–H and O–H groups in total. The van der Waals surface area contributed by atoms with Crippen molar-refractivity contribution in [2.24, 2.45) is 5.92 Å². The van der Waals surface area contributed by atoms with E-state index in [0.717, 1.165) is 10.6 Å². The number of rotatable bonds is 3. The molecule has 1 atom stereocenters. The summed E-state index contributed by atoms with van der Waals surface area (Å²) in [7, 11) is -3.14. The van der Waals surface area contributed by atoms with E-state index in [1.54, 1.807) is 16.7 Å². The van der Waals surface area contributed by atoms with Crippen molar-refractivity contribution in [2.75, 3.05) is 11.5 Å². The monoisotopic (exact) mass is 371 g/mol. The Morgan fingerprint density at radius 1 is 1.26 bits per heavy atom. The smallest absolute Gasteiger partial charge is 0.273 e. The number of nitrogens with one attached hydrogen (secondary N) is 2. The van der Waals surface area contributed by atoms with E-state index in [4.69, 9.17) is 0 Å². The topological polar surface area (TPSA) is 105 Å². The quantitative estimate of drug-likeness (QED) is 0.785. The van der Waals surface area contributed by atoms with Crippen molar-refractivity contribution >= 4 is 44.3 Å². The third-order valence-corrected chi connectivity index (χ3v) is 6.75. The van der Waals surface area contributed by atoms with E-state index in [2.05, 4.69) is 15.8 Å². The molecule has 0 radical (unpaired) electrons. The largest absolute Gasteiger partial charge is 0.289 e. The maximum Gasteiger partial charge on any atom is 0.289 e. The molecule has 3 rings (SSSR count). The first-order chi connectivity index (χ1) is 10.9. The van der Waals surface area contributed by atoms with Crippen molar-refractivity contribution in [3.63, 3.8) is 0 Å². The highest BCUT2D eigenvalue weighted by Crippen LogP contribution is 2.25. The minimum Gasteiger partial charge on any atom is -0.273 e. The number of carbonyl (C=O) groups excluding carboxylic acids is 2. The van der Waals surface area contributed by atoms with E-state index in [-0.39, 0.29) is 23.6 Å². The number of thiophene rings is 1. The molecule has 0 saturated carbocycles. The Balaban J connectivity index is 1.57. The van der Waals surface area contributed by atoms with E-state index in [1.165, 1.54) is 11.3 Å². The van der Waals surface area contributed by atoms with E-state index >= 15 is 0 Å². The Kier molecular flexibility index (Phi) is 4.46. The molecule has 1 fully saturated rings. The average molecular weight is 371 g/mol. The molecule has 0 aliphatic carbocycles. The molecule has 1 aliphatic rings. The molecule has 7 nitrogen and oxygen atoms in total. The van der Waals surface area contributed by atoms with Gasteiger partial charge in [-0.3, -0.25) is 20.4 Å². The van der Waals surface area contributed by atoms with Gasteiger partial charge in [0.2, 0.25) is 5.91 Å². The second-order valence-corrected chi connectivity index (χ2v) is 8.96. The standard InChI is InChI=1S/C13H13N3O4S3/c17-11(9-2-4-23(19,20)7-9)15-16-12(18)10-6-22-13(14-10)8-1-3-21-5-8/h1,3,5-6,9H,2,4,7H2,(H,15,17)(H,16,18)/t9-/m0/s1. The Bertz CT molecular complexity index is 827. The molecule has 1 saturated heterocycles. The fourth-order valence-electron chi connectivity index (χ4n) is 2.18. The Morgan fingerprint density at radius 3 is 2.74 bits per heavy atom. The Labute approximate surface area is 140 Å². The molecule has 2 aromatic heterocycles. The lowest BCUT2D eigenvalue weighted by Crippen LogP contribution is -2.45. The number of hydrogen-bond acceptors (Lipinski definition) is 7. The highest BCUT2D eigenvalue weighted by Gasteiger charge is 2.33. The molecule has 2 aromatic rings. The van der Waals surface area contributed by atoms with Crippen molar-refractivity contribution in [3.05, 3.63) is 27.9 Å². The second kappa shape index (κ2) is 6.38. The summed E-state index contributed by atoms with van der Waals surface area (Å²) in [5, 5.41) is 6.19. The molecule has 2 amide bonds. The summed E-state index contributed by atoms with van der Waals surface area (Å²) >= 11 is 2.88. The van der Waals surface area contributed by atoms with Crippen LogP contribution in [0.25, 0.3) is 10.6 Å². The number of hydrogen-bond donors (Lipinski definition) is 2. The molecule has 0 unspecified atom stereocenters. The summed E-state index contributed by atoms with van der Waals surface area (Å²) in [5.41, 5.74) is 5.69. The van der Waals surface area contributed by atoms with Crippen LogP contribution >= 0.6 is 22.7 Å². The van der Waals surface area contributed by atoms with Gasteiger partial charge in [0, 0.05) is 16.3 Å². The molecule has 1 aliphatic heterocycles. The van der Waals surface area contributed by atoms with Crippen LogP contribution in [-0.2, 0) is 14.6 Å². The highest BCUT2D eigenvalue weighted by atomic mass is 32.2. The fraction of sp³-hybridized carbons (Fsp3) is 0.308. The maximum atomic E-state index is 12.0. The normalized spacial score (nSPS) is 19.4. The maximum absolute atomic E-state index is 12.0. The summed E-state index contributed by atoms with van der Waals surface area (Å²) in [6.07, 6.45) is 0.281. The molecule has 3 heterocycles. The zero-order valence-electron chi connectivity index (χ0n) is 11.8. The third-order valence-electron chi connectivity index (χ3n) is 3.41. The lowest BCUT2D eigenvalue weighted by molar-refractivity contribution is -0.125. The van der Waals surface area contributed by atoms with Gasteiger partial charge >= 0.3 is 0 Å². The zero-order valence-corrected chi connectivity index (χ0v) is 14.3. The number of nitrogens with zero attached hydrogens (tertiary/aromatic N) is 1. The van der Waals surface area contributed by atoms with Crippen LogP contribution in [0.3, 0.4) is 0 Å². The first-order valence-electron chi connectivity index (χ1n) is 6.73. The number of sulfone groups is 1. The number of aromatic nitrogens is 1. The van der Waals surface area contributed by atoms with Crippen molar-refractivity contribution in [2.45, 2.75) is 6.42 Å². The first-order valence-corrected chi connectivity index (χ1v) is 10.4. The predicted molar refractivity (Wildman–Crippen MR) is 87.8 cm³/mol. The molecule has 23 heavy (non-hydrogen) atoms. The minimum absolute atomic E-state index is 0.00905. The molecular weight excluding hydrogens is 358 g/mol. The van der Waals surface area contributed by atoms with Gasteiger partial charge < -0.3 is 0 Å². The lowest BCUT2D eigenvalue weighted by Gasteiger charge is -2.09. The van der Waals surface area contributed by atoms with Crippen LogP contribution in [0.4, 0.5) is 0 Å². The minimum atomic E-state index is -3.14. The molecule has 0 spiro atoms. The molecule has 122 valence electrons. The van der Waals surface area contributed by atoms with E-state index in [0.29, 0.717) is 0 Å². The van der Waals surface area contributed by atoms with Gasteiger partial charge in [-0.05, 0) is 17.9 Å². The van der Waals surface area contributed by atoms with Crippen LogP contribution in [0.1, 0.15) is 16.9 Å². The summed E-state index contributed by atoms with van der Waals surface area (Å²) in [5.74, 6) is -1.80. The van der Waals surface area contributed by atoms with Crippen molar-refractivity contribution < 1.29 is 18.0 Å². The SMILES string of the molecule is O=C(NNC(=O)[C@H]1CCS(=O)(=O)C1)c1csc(-c2ccsc2)n1. The second-order valence-electron chi connectivity index (χ2n) is 5.09. The molecular formula is C13H13N3O4S3. The molecule has 0 aromatic carbocycles.